The van der Waals surface area contributed by atoms with Crippen molar-refractivity contribution in [1.29, 1.82) is 0 Å². The first-order chi connectivity index (χ1) is 8.56. The zero-order chi connectivity index (χ0) is 13.1. The van der Waals surface area contributed by atoms with Crippen LogP contribution in [-0.4, -0.2) is 0 Å². The van der Waals surface area contributed by atoms with Gasteiger partial charge in [0.2, 0.25) is 0 Å². The summed E-state index contributed by atoms with van der Waals surface area (Å²) in [5, 5.41) is 0.745. The Morgan fingerprint density at radius 1 is 1.22 bits per heavy atom. The van der Waals surface area contributed by atoms with E-state index < -0.39 is 0 Å². The molecule has 0 bridgehead atoms. The van der Waals surface area contributed by atoms with Gasteiger partial charge in [0.25, 0.3) is 0 Å². The highest BCUT2D eigenvalue weighted by molar-refractivity contribution is 9.10. The van der Waals surface area contributed by atoms with E-state index in [4.69, 9.17) is 17.3 Å². The number of halogens is 2. The summed E-state index contributed by atoms with van der Waals surface area (Å²) < 4.78 is 1.07. The SMILES string of the molecule is CC(N)c1ccc(Sc2cccc(Br)c2)c(Cl)c1. The fourth-order valence-corrected chi connectivity index (χ4v) is 3.27. The third kappa shape index (κ3) is 3.51. The molecule has 0 radical (unpaired) electrons. The minimum Gasteiger partial charge on any atom is -0.324 e. The Bertz CT molecular complexity index is 557. The van der Waals surface area contributed by atoms with E-state index in [-0.39, 0.29) is 6.04 Å². The van der Waals surface area contributed by atoms with Gasteiger partial charge < -0.3 is 5.73 Å². The van der Waals surface area contributed by atoms with E-state index in [0.29, 0.717) is 0 Å². The second-order valence-electron chi connectivity index (χ2n) is 4.04. The molecule has 1 atom stereocenters. The largest absolute Gasteiger partial charge is 0.324 e. The van der Waals surface area contributed by atoms with Crippen molar-refractivity contribution in [2.24, 2.45) is 5.73 Å². The molecule has 2 N–H and O–H groups in total. The normalized spacial score (nSPS) is 12.4. The van der Waals surface area contributed by atoms with Gasteiger partial charge in [-0.2, -0.15) is 0 Å². The van der Waals surface area contributed by atoms with Crippen molar-refractivity contribution in [3.63, 3.8) is 0 Å². The average molecular weight is 343 g/mol. The molecular formula is C14H13BrClNS. The maximum absolute atomic E-state index is 6.28. The van der Waals surface area contributed by atoms with Gasteiger partial charge in [-0.05, 0) is 42.8 Å². The topological polar surface area (TPSA) is 26.0 Å². The van der Waals surface area contributed by atoms with Crippen molar-refractivity contribution in [3.05, 3.63) is 57.5 Å². The van der Waals surface area contributed by atoms with Gasteiger partial charge in [0.1, 0.15) is 0 Å². The summed E-state index contributed by atoms with van der Waals surface area (Å²) in [6.45, 7) is 1.95. The van der Waals surface area contributed by atoms with Crippen molar-refractivity contribution < 1.29 is 0 Å². The Labute approximate surface area is 125 Å². The van der Waals surface area contributed by atoms with Crippen LogP contribution in [0.15, 0.2) is 56.7 Å². The zero-order valence-electron chi connectivity index (χ0n) is 9.86. The molecule has 0 aliphatic rings. The van der Waals surface area contributed by atoms with Crippen molar-refractivity contribution in [2.45, 2.75) is 22.8 Å². The summed E-state index contributed by atoms with van der Waals surface area (Å²) in [6.07, 6.45) is 0. The molecule has 2 aromatic carbocycles. The minimum atomic E-state index is 0.00687. The summed E-state index contributed by atoms with van der Waals surface area (Å²) in [7, 11) is 0. The van der Waals surface area contributed by atoms with Crippen LogP contribution in [0, 0.1) is 0 Å². The van der Waals surface area contributed by atoms with Crippen LogP contribution in [0.2, 0.25) is 5.02 Å². The lowest BCUT2D eigenvalue weighted by atomic mass is 10.1. The molecule has 18 heavy (non-hydrogen) atoms. The Balaban J connectivity index is 2.24. The van der Waals surface area contributed by atoms with Gasteiger partial charge in [0, 0.05) is 20.3 Å². The molecule has 2 rings (SSSR count). The van der Waals surface area contributed by atoms with E-state index in [1.165, 1.54) is 0 Å². The summed E-state index contributed by atoms with van der Waals surface area (Å²) >= 11 is 11.4. The monoisotopic (exact) mass is 341 g/mol. The van der Waals surface area contributed by atoms with Crippen molar-refractivity contribution in [3.8, 4) is 0 Å². The van der Waals surface area contributed by atoms with Crippen LogP contribution in [0.1, 0.15) is 18.5 Å². The molecule has 0 saturated heterocycles. The molecule has 4 heteroatoms. The lowest BCUT2D eigenvalue weighted by Gasteiger charge is -2.09. The predicted octanol–water partition coefficient (Wildman–Crippen LogP) is 5.27. The number of benzene rings is 2. The van der Waals surface area contributed by atoms with Gasteiger partial charge >= 0.3 is 0 Å². The number of rotatable bonds is 3. The highest BCUT2D eigenvalue weighted by atomic mass is 79.9. The van der Waals surface area contributed by atoms with Gasteiger partial charge in [-0.15, -0.1) is 0 Å². The number of hydrogen-bond donors (Lipinski definition) is 1. The molecular weight excluding hydrogens is 330 g/mol. The van der Waals surface area contributed by atoms with Crippen molar-refractivity contribution >= 4 is 39.3 Å². The lowest BCUT2D eigenvalue weighted by molar-refractivity contribution is 0.817. The van der Waals surface area contributed by atoms with E-state index in [1.54, 1.807) is 11.8 Å². The van der Waals surface area contributed by atoms with Gasteiger partial charge in [0.15, 0.2) is 0 Å². The van der Waals surface area contributed by atoms with Crippen molar-refractivity contribution in [2.75, 3.05) is 0 Å². The van der Waals surface area contributed by atoms with Crippen LogP contribution >= 0.6 is 39.3 Å². The smallest absolute Gasteiger partial charge is 0.0548 e. The molecule has 0 saturated carbocycles. The Kier molecular flexibility index (Phi) is 4.73. The molecule has 2 aromatic rings. The first-order valence-corrected chi connectivity index (χ1v) is 7.53. The third-order valence-corrected chi connectivity index (χ3v) is 4.49. The van der Waals surface area contributed by atoms with Crippen LogP contribution in [0.25, 0.3) is 0 Å². The Hall–Kier alpha value is -0.480. The Morgan fingerprint density at radius 2 is 2.00 bits per heavy atom. The fraction of sp³-hybridized carbons (Fsp3) is 0.143. The average Bonchev–Trinajstić information content (AvgIpc) is 2.31. The van der Waals surface area contributed by atoms with Crippen LogP contribution in [0.4, 0.5) is 0 Å². The maximum Gasteiger partial charge on any atom is 0.0548 e. The molecule has 0 aromatic heterocycles. The third-order valence-electron chi connectivity index (χ3n) is 2.51. The second kappa shape index (κ2) is 6.11. The fourth-order valence-electron chi connectivity index (χ4n) is 1.54. The maximum atomic E-state index is 6.28. The standard InChI is InChI=1S/C14H13BrClNS/c1-9(17)10-5-6-14(13(16)7-10)18-12-4-2-3-11(15)8-12/h2-9H,17H2,1H3. The van der Waals surface area contributed by atoms with Crippen LogP contribution in [-0.2, 0) is 0 Å². The number of hydrogen-bond acceptors (Lipinski definition) is 2. The van der Waals surface area contributed by atoms with Crippen molar-refractivity contribution in [1.82, 2.24) is 0 Å². The quantitative estimate of drug-likeness (QED) is 0.822. The molecule has 1 unspecified atom stereocenters. The molecule has 0 spiro atoms. The highest BCUT2D eigenvalue weighted by Crippen LogP contribution is 2.35. The first kappa shape index (κ1) is 13.9. The first-order valence-electron chi connectivity index (χ1n) is 5.54. The van der Waals surface area contributed by atoms with E-state index in [2.05, 4.69) is 28.1 Å². The summed E-state index contributed by atoms with van der Waals surface area (Å²) in [4.78, 5) is 2.19. The van der Waals surface area contributed by atoms with Gasteiger partial charge in [-0.1, -0.05) is 51.4 Å². The molecule has 0 fully saturated rings. The second-order valence-corrected chi connectivity index (χ2v) is 6.48. The van der Waals surface area contributed by atoms with Crippen LogP contribution < -0.4 is 5.73 Å². The van der Waals surface area contributed by atoms with E-state index >= 15 is 0 Å². The zero-order valence-corrected chi connectivity index (χ0v) is 13.0. The molecule has 0 heterocycles. The van der Waals surface area contributed by atoms with Crippen LogP contribution in [0.3, 0.4) is 0 Å². The highest BCUT2D eigenvalue weighted by Gasteiger charge is 2.06. The molecule has 94 valence electrons. The molecule has 1 nitrogen and oxygen atoms in total. The van der Waals surface area contributed by atoms with Gasteiger partial charge in [0.05, 0.1) is 5.02 Å². The summed E-state index contributed by atoms with van der Waals surface area (Å²) in [5.41, 5.74) is 6.89. The predicted molar refractivity (Wildman–Crippen MR) is 82.3 cm³/mol. The summed E-state index contributed by atoms with van der Waals surface area (Å²) in [5.74, 6) is 0. The molecule has 0 amide bonds. The number of nitrogens with two attached hydrogens (primary N) is 1. The van der Waals surface area contributed by atoms with Crippen LogP contribution in [0.5, 0.6) is 0 Å². The molecule has 0 aliphatic carbocycles. The van der Waals surface area contributed by atoms with E-state index in [0.717, 1.165) is 24.8 Å². The lowest BCUT2D eigenvalue weighted by Crippen LogP contribution is -2.04. The van der Waals surface area contributed by atoms with E-state index in [1.807, 2.05) is 37.3 Å². The van der Waals surface area contributed by atoms with Gasteiger partial charge in [-0.25, -0.2) is 0 Å². The van der Waals surface area contributed by atoms with Gasteiger partial charge in [-0.3, -0.25) is 0 Å². The summed E-state index contributed by atoms with van der Waals surface area (Å²) in [6, 6.07) is 14.1. The minimum absolute atomic E-state index is 0.00687. The molecule has 0 aliphatic heterocycles. The Morgan fingerprint density at radius 3 is 2.61 bits per heavy atom. The van der Waals surface area contributed by atoms with E-state index in [9.17, 15) is 0 Å².